The van der Waals surface area contributed by atoms with E-state index >= 15 is 0 Å². The number of carbonyl (C=O) groups is 1. The predicted molar refractivity (Wildman–Crippen MR) is 56.8 cm³/mol. The molecule has 2 aromatic rings. The number of amides is 1. The largest absolute Gasteiger partial charge is 0.299 e. The van der Waals surface area contributed by atoms with Crippen molar-refractivity contribution < 1.29 is 4.79 Å². The molecule has 0 bridgehead atoms. The molecule has 3 nitrogen and oxygen atoms in total. The fourth-order valence-electron chi connectivity index (χ4n) is 1.25. The molecule has 0 unspecified atom stereocenters. The normalized spacial score (nSPS) is 10.0. The summed E-state index contributed by atoms with van der Waals surface area (Å²) in [5, 5.41) is 1.05. The molecular weight excluding hydrogens is 196 g/mol. The summed E-state index contributed by atoms with van der Waals surface area (Å²) in [6.45, 7) is 0. The molecule has 1 N–H and O–H groups in total. The molecule has 0 aliphatic rings. The molecule has 1 heterocycles. The lowest BCUT2D eigenvalue weighted by Crippen LogP contribution is -1.97. The third-order valence-corrected chi connectivity index (χ3v) is 2.61. The Kier molecular flexibility index (Phi) is 2.65. The zero-order valence-corrected chi connectivity index (χ0v) is 8.12. The van der Waals surface area contributed by atoms with Crippen LogP contribution in [0.4, 0.5) is 0 Å². The summed E-state index contributed by atoms with van der Waals surface area (Å²) in [6.07, 6.45) is 2.42. The molecule has 0 aliphatic heterocycles. The van der Waals surface area contributed by atoms with Crippen LogP contribution in [0.1, 0.15) is 0 Å². The van der Waals surface area contributed by atoms with Crippen LogP contribution in [0.5, 0.6) is 0 Å². The third-order valence-electron chi connectivity index (χ3n) is 1.82. The minimum Gasteiger partial charge on any atom is -0.299 e. The Morgan fingerprint density at radius 1 is 1.29 bits per heavy atom. The van der Waals surface area contributed by atoms with Gasteiger partial charge in [0.15, 0.2) is 0 Å². The van der Waals surface area contributed by atoms with E-state index < -0.39 is 0 Å². The van der Waals surface area contributed by atoms with E-state index in [0.29, 0.717) is 6.41 Å². The molecule has 1 aromatic carbocycles. The fraction of sp³-hybridized carbons (Fsp3) is 0. The summed E-state index contributed by atoms with van der Waals surface area (Å²) < 4.78 is 2.57. The van der Waals surface area contributed by atoms with E-state index in [9.17, 15) is 4.79 Å². The van der Waals surface area contributed by atoms with Crippen LogP contribution in [0, 0.1) is 0 Å². The van der Waals surface area contributed by atoms with Gasteiger partial charge in [0.05, 0.1) is 5.52 Å². The van der Waals surface area contributed by atoms with Crippen molar-refractivity contribution in [3.8, 4) is 0 Å². The molecule has 0 atom stereocenters. The summed E-state index contributed by atoms with van der Waals surface area (Å²) in [5.74, 6) is 0. The predicted octanol–water partition coefficient (Wildman–Crippen LogP) is 1.99. The molecule has 0 aliphatic carbocycles. The molecule has 4 heteroatoms. The van der Waals surface area contributed by atoms with E-state index in [1.54, 1.807) is 6.20 Å². The lowest BCUT2D eigenvalue weighted by atomic mass is 10.2. The van der Waals surface area contributed by atoms with Gasteiger partial charge < -0.3 is 0 Å². The van der Waals surface area contributed by atoms with Gasteiger partial charge in [0.2, 0.25) is 6.41 Å². The number of pyridine rings is 1. The number of nitrogens with one attached hydrogen (secondary N) is 1. The maximum Gasteiger partial charge on any atom is 0.217 e. The first kappa shape index (κ1) is 9.02. The van der Waals surface area contributed by atoms with Crippen molar-refractivity contribution in [1.29, 1.82) is 0 Å². The first-order valence-electron chi connectivity index (χ1n) is 4.11. The number of carbonyl (C=O) groups excluding carboxylic acids is 1. The van der Waals surface area contributed by atoms with E-state index in [1.165, 1.54) is 11.9 Å². The Labute approximate surface area is 85.7 Å². The average Bonchev–Trinajstić information content (AvgIpc) is 2.26. The summed E-state index contributed by atoms with van der Waals surface area (Å²) in [6, 6.07) is 9.68. The average molecular weight is 204 g/mol. The van der Waals surface area contributed by atoms with Crippen molar-refractivity contribution in [3.63, 3.8) is 0 Å². The smallest absolute Gasteiger partial charge is 0.217 e. The highest BCUT2D eigenvalue weighted by molar-refractivity contribution is 7.98. The molecular formula is C10H8N2OS. The lowest BCUT2D eigenvalue weighted by molar-refractivity contribution is -0.107. The van der Waals surface area contributed by atoms with Crippen molar-refractivity contribution >= 4 is 29.3 Å². The maximum atomic E-state index is 10.2. The summed E-state index contributed by atoms with van der Waals surface area (Å²) in [7, 11) is 0. The number of aromatic nitrogens is 1. The van der Waals surface area contributed by atoms with Crippen molar-refractivity contribution in [2.45, 2.75) is 4.90 Å². The number of hydrogen-bond donors (Lipinski definition) is 1. The highest BCUT2D eigenvalue weighted by atomic mass is 32.2. The van der Waals surface area contributed by atoms with Gasteiger partial charge in [-0.25, -0.2) is 0 Å². The molecule has 0 saturated carbocycles. The van der Waals surface area contributed by atoms with Gasteiger partial charge in [-0.3, -0.25) is 14.5 Å². The lowest BCUT2D eigenvalue weighted by Gasteiger charge is -2.02. The van der Waals surface area contributed by atoms with Gasteiger partial charge in [-0.05, 0) is 30.1 Å². The second-order valence-electron chi connectivity index (χ2n) is 2.66. The summed E-state index contributed by atoms with van der Waals surface area (Å²) in [5.41, 5.74) is 0.935. The van der Waals surface area contributed by atoms with Crippen LogP contribution in [0.25, 0.3) is 10.9 Å². The first-order valence-corrected chi connectivity index (χ1v) is 4.93. The minimum absolute atomic E-state index is 0.667. The van der Waals surface area contributed by atoms with Crippen molar-refractivity contribution in [2.75, 3.05) is 0 Å². The topological polar surface area (TPSA) is 42.0 Å². The van der Waals surface area contributed by atoms with Gasteiger partial charge in [-0.15, -0.1) is 0 Å². The number of benzene rings is 1. The highest BCUT2D eigenvalue weighted by Crippen LogP contribution is 2.23. The van der Waals surface area contributed by atoms with Crippen molar-refractivity contribution in [1.82, 2.24) is 9.71 Å². The SMILES string of the molecule is O=CNSc1cccc2ncccc12. The van der Waals surface area contributed by atoms with Gasteiger partial charge in [0.1, 0.15) is 0 Å². The van der Waals surface area contributed by atoms with Gasteiger partial charge in [0, 0.05) is 16.5 Å². The quantitative estimate of drug-likeness (QED) is 0.614. The highest BCUT2D eigenvalue weighted by Gasteiger charge is 2.00. The van der Waals surface area contributed by atoms with Crippen LogP contribution in [0.3, 0.4) is 0 Å². The van der Waals surface area contributed by atoms with Gasteiger partial charge in [-0.1, -0.05) is 12.1 Å². The van der Waals surface area contributed by atoms with Crippen LogP contribution >= 0.6 is 11.9 Å². The number of nitrogens with zero attached hydrogens (tertiary/aromatic N) is 1. The van der Waals surface area contributed by atoms with Crippen LogP contribution in [0.15, 0.2) is 41.4 Å². The number of hydrogen-bond acceptors (Lipinski definition) is 3. The van der Waals surface area contributed by atoms with E-state index in [1.807, 2.05) is 30.3 Å². The van der Waals surface area contributed by atoms with E-state index in [2.05, 4.69) is 9.71 Å². The molecule has 0 spiro atoms. The van der Waals surface area contributed by atoms with Gasteiger partial charge in [0.25, 0.3) is 0 Å². The molecule has 0 radical (unpaired) electrons. The number of fused-ring (bicyclic) bond motifs is 1. The van der Waals surface area contributed by atoms with Crippen molar-refractivity contribution in [2.24, 2.45) is 0 Å². The number of rotatable bonds is 3. The Morgan fingerprint density at radius 3 is 3.07 bits per heavy atom. The zero-order valence-electron chi connectivity index (χ0n) is 7.31. The Bertz CT molecular complexity index is 453. The van der Waals surface area contributed by atoms with Crippen molar-refractivity contribution in [3.05, 3.63) is 36.5 Å². The second-order valence-corrected chi connectivity index (χ2v) is 3.54. The van der Waals surface area contributed by atoms with E-state index in [4.69, 9.17) is 0 Å². The van der Waals surface area contributed by atoms with Crippen LogP contribution in [-0.2, 0) is 4.79 Å². The standard InChI is InChI=1S/C10H8N2OS/c13-7-12-14-10-5-1-4-9-8(10)3-2-6-11-9/h1-7H,(H,12,13). The maximum absolute atomic E-state index is 10.2. The van der Waals surface area contributed by atoms with Gasteiger partial charge in [-0.2, -0.15) is 0 Å². The second kappa shape index (κ2) is 4.11. The Balaban J connectivity index is 2.48. The molecule has 0 fully saturated rings. The van der Waals surface area contributed by atoms with Crippen LogP contribution in [0.2, 0.25) is 0 Å². The molecule has 2 rings (SSSR count). The Morgan fingerprint density at radius 2 is 2.21 bits per heavy atom. The van der Waals surface area contributed by atoms with Crippen LogP contribution in [-0.4, -0.2) is 11.4 Å². The monoisotopic (exact) mass is 204 g/mol. The summed E-state index contributed by atoms with van der Waals surface area (Å²) >= 11 is 1.29. The zero-order chi connectivity index (χ0) is 9.80. The fourth-order valence-corrected chi connectivity index (χ4v) is 1.86. The molecule has 70 valence electrons. The Hall–Kier alpha value is -1.55. The van der Waals surface area contributed by atoms with Gasteiger partial charge >= 0.3 is 0 Å². The van der Waals surface area contributed by atoms with Crippen LogP contribution < -0.4 is 4.72 Å². The first-order chi connectivity index (χ1) is 6.92. The molecule has 0 saturated heterocycles. The van der Waals surface area contributed by atoms with E-state index in [0.717, 1.165) is 15.8 Å². The third kappa shape index (κ3) is 1.70. The molecule has 1 amide bonds. The summed E-state index contributed by atoms with van der Waals surface area (Å²) in [4.78, 5) is 15.4. The minimum atomic E-state index is 0.667. The molecule has 14 heavy (non-hydrogen) atoms. The van der Waals surface area contributed by atoms with E-state index in [-0.39, 0.29) is 0 Å². The molecule has 1 aromatic heterocycles.